The molecule has 2 unspecified atom stereocenters. The zero-order valence-electron chi connectivity index (χ0n) is 19.8. The fourth-order valence-corrected chi connectivity index (χ4v) is 7.66. The van der Waals surface area contributed by atoms with Crippen molar-refractivity contribution in [2.75, 3.05) is 9.80 Å². The van der Waals surface area contributed by atoms with Crippen molar-refractivity contribution in [1.82, 2.24) is 0 Å². The van der Waals surface area contributed by atoms with Gasteiger partial charge in [-0.05, 0) is 29.8 Å². The standard InChI is InChI=1S/C30H20Cl2N2O4/c31-18-10-4-6-12-20(18)33-26(35)22-17-14-15-30(24(22)28(33)37,16-8-2-1-3-9-16)25-23(17)27(36)34(29(25)38)21-13-7-5-11-19(21)32/h1-15,17,22-25H/t17?,22-,23+,24+,25-,30?. The number of allylic oxidation sites excluding steroid dienone is 2. The predicted octanol–water partition coefficient (Wildman–Crippen LogP) is 5.04. The van der Waals surface area contributed by atoms with E-state index < -0.39 is 58.6 Å². The van der Waals surface area contributed by atoms with Crippen molar-refractivity contribution in [2.24, 2.45) is 29.6 Å². The SMILES string of the molecule is O=C1[C@@H]2C3C=CC(c4ccccc4)([C@@H]2C(=O)N1c1ccccc1Cl)[C@H]1C(=O)N(c2ccccc2Cl)C(=O)[C@@H]31. The Kier molecular flexibility index (Phi) is 5.00. The van der Waals surface area contributed by atoms with Crippen molar-refractivity contribution in [3.05, 3.63) is 107 Å². The van der Waals surface area contributed by atoms with E-state index in [9.17, 15) is 19.2 Å². The lowest BCUT2D eigenvalue weighted by Crippen LogP contribution is -2.60. The van der Waals surface area contributed by atoms with Crippen LogP contribution in [0.5, 0.6) is 0 Å². The first-order valence-electron chi connectivity index (χ1n) is 12.4. The molecule has 3 aliphatic carbocycles. The Balaban J connectivity index is 1.45. The summed E-state index contributed by atoms with van der Waals surface area (Å²) in [5, 5.41) is 0.554. The normalized spacial score (nSPS) is 31.3. The molecule has 188 valence electrons. The van der Waals surface area contributed by atoms with Crippen LogP contribution in [0.2, 0.25) is 10.0 Å². The maximum Gasteiger partial charge on any atom is 0.239 e. The molecule has 8 heteroatoms. The van der Waals surface area contributed by atoms with Gasteiger partial charge in [-0.25, -0.2) is 9.80 Å². The fraction of sp³-hybridized carbons (Fsp3) is 0.200. The van der Waals surface area contributed by atoms with Crippen LogP contribution < -0.4 is 9.80 Å². The molecule has 3 aromatic rings. The molecule has 2 aliphatic heterocycles. The predicted molar refractivity (Wildman–Crippen MR) is 143 cm³/mol. The Bertz CT molecular complexity index is 1500. The number of hydrogen-bond donors (Lipinski definition) is 0. The van der Waals surface area contributed by atoms with Gasteiger partial charge < -0.3 is 0 Å². The minimum absolute atomic E-state index is 0.277. The Hall–Kier alpha value is -3.74. The number of hydrogen-bond acceptors (Lipinski definition) is 4. The molecule has 1 saturated carbocycles. The number of halogens is 2. The maximum atomic E-state index is 14.2. The summed E-state index contributed by atoms with van der Waals surface area (Å²) < 4.78 is 0. The molecule has 6 atom stereocenters. The number of carbonyl (C=O) groups excluding carboxylic acids is 4. The first kappa shape index (κ1) is 23.4. The van der Waals surface area contributed by atoms with Crippen molar-refractivity contribution < 1.29 is 19.2 Å². The molecule has 4 amide bonds. The summed E-state index contributed by atoms with van der Waals surface area (Å²) >= 11 is 12.9. The summed E-state index contributed by atoms with van der Waals surface area (Å²) in [6.07, 6.45) is 3.75. The summed E-state index contributed by atoms with van der Waals surface area (Å²) in [5.74, 6) is -5.62. The minimum atomic E-state index is -1.20. The van der Waals surface area contributed by atoms with Crippen molar-refractivity contribution in [2.45, 2.75) is 5.41 Å². The highest BCUT2D eigenvalue weighted by molar-refractivity contribution is 6.37. The van der Waals surface area contributed by atoms with Crippen molar-refractivity contribution in [3.8, 4) is 0 Å². The highest BCUT2D eigenvalue weighted by Gasteiger charge is 2.75. The fourth-order valence-electron chi connectivity index (χ4n) is 7.22. The van der Waals surface area contributed by atoms with Crippen molar-refractivity contribution >= 4 is 58.2 Å². The lowest BCUT2D eigenvalue weighted by Gasteiger charge is -2.53. The van der Waals surface area contributed by atoms with E-state index in [1.807, 2.05) is 42.5 Å². The lowest BCUT2D eigenvalue weighted by atomic mass is 9.45. The second-order valence-electron chi connectivity index (χ2n) is 10.2. The lowest BCUT2D eigenvalue weighted by molar-refractivity contribution is -0.140. The topological polar surface area (TPSA) is 74.8 Å². The number of imide groups is 2. The van der Waals surface area contributed by atoms with Gasteiger partial charge in [0.2, 0.25) is 23.6 Å². The largest absolute Gasteiger partial charge is 0.274 e. The highest BCUT2D eigenvalue weighted by Crippen LogP contribution is 2.65. The van der Waals surface area contributed by atoms with Crippen LogP contribution >= 0.6 is 23.2 Å². The smallest absolute Gasteiger partial charge is 0.239 e. The molecule has 0 spiro atoms. The third-order valence-corrected chi connectivity index (χ3v) is 9.25. The second-order valence-corrected chi connectivity index (χ2v) is 11.0. The number of para-hydroxylation sites is 2. The van der Waals surface area contributed by atoms with E-state index in [2.05, 4.69) is 0 Å². The molecule has 0 N–H and O–H groups in total. The summed E-state index contributed by atoms with van der Waals surface area (Å²) in [6, 6.07) is 22.6. The van der Waals surface area contributed by atoms with E-state index >= 15 is 0 Å². The van der Waals surface area contributed by atoms with Crippen LogP contribution in [0.4, 0.5) is 11.4 Å². The van der Waals surface area contributed by atoms with E-state index in [0.29, 0.717) is 16.9 Å². The monoisotopic (exact) mass is 542 g/mol. The van der Waals surface area contributed by atoms with Crippen LogP contribution in [-0.2, 0) is 24.6 Å². The van der Waals surface area contributed by atoms with Gasteiger partial charge in [0, 0.05) is 11.3 Å². The Morgan fingerprint density at radius 1 is 0.579 bits per heavy atom. The van der Waals surface area contributed by atoms with Crippen LogP contribution in [0.15, 0.2) is 91.0 Å². The average molecular weight is 543 g/mol. The molecule has 2 saturated heterocycles. The molecule has 2 heterocycles. The molecule has 38 heavy (non-hydrogen) atoms. The first-order chi connectivity index (χ1) is 18.4. The van der Waals surface area contributed by atoms with Gasteiger partial charge in [-0.1, -0.05) is 90.0 Å². The average Bonchev–Trinajstić information content (AvgIpc) is 3.37. The molecule has 3 fully saturated rings. The Morgan fingerprint density at radius 2 is 1.03 bits per heavy atom. The van der Waals surface area contributed by atoms with Gasteiger partial charge in [0.25, 0.3) is 0 Å². The number of benzene rings is 3. The maximum absolute atomic E-state index is 14.2. The molecular formula is C30H20Cl2N2O4. The third-order valence-electron chi connectivity index (χ3n) is 8.62. The molecule has 2 bridgehead atoms. The van der Waals surface area contributed by atoms with Gasteiger partial charge in [0.05, 0.1) is 45.1 Å². The highest BCUT2D eigenvalue weighted by atomic mass is 35.5. The van der Waals surface area contributed by atoms with E-state index in [1.165, 1.54) is 0 Å². The molecule has 0 aromatic heterocycles. The summed E-state index contributed by atoms with van der Waals surface area (Å²) in [7, 11) is 0. The van der Waals surface area contributed by atoms with Gasteiger partial charge in [0.15, 0.2) is 0 Å². The summed E-state index contributed by atoms with van der Waals surface area (Å²) in [5.41, 5.74) is 0.128. The summed E-state index contributed by atoms with van der Waals surface area (Å²) in [6.45, 7) is 0. The molecule has 0 radical (unpaired) electrons. The van der Waals surface area contributed by atoms with Gasteiger partial charge in [-0.3, -0.25) is 19.2 Å². The van der Waals surface area contributed by atoms with E-state index in [4.69, 9.17) is 23.2 Å². The van der Waals surface area contributed by atoms with Crippen LogP contribution in [0.1, 0.15) is 5.56 Å². The van der Waals surface area contributed by atoms with Gasteiger partial charge in [-0.15, -0.1) is 0 Å². The Morgan fingerprint density at radius 3 is 1.50 bits per heavy atom. The van der Waals surface area contributed by atoms with Crippen LogP contribution in [0, 0.1) is 29.6 Å². The van der Waals surface area contributed by atoms with Gasteiger partial charge in [-0.2, -0.15) is 0 Å². The number of amides is 4. The van der Waals surface area contributed by atoms with Crippen molar-refractivity contribution in [1.29, 1.82) is 0 Å². The molecule has 8 rings (SSSR count). The Labute approximate surface area is 228 Å². The van der Waals surface area contributed by atoms with Crippen molar-refractivity contribution in [3.63, 3.8) is 0 Å². The molecule has 5 aliphatic rings. The van der Waals surface area contributed by atoms with E-state index in [-0.39, 0.29) is 10.0 Å². The quantitative estimate of drug-likeness (QED) is 0.343. The summed E-state index contributed by atoms with van der Waals surface area (Å²) in [4.78, 5) is 58.8. The zero-order valence-corrected chi connectivity index (χ0v) is 21.3. The zero-order chi connectivity index (χ0) is 26.3. The molecule has 3 aromatic carbocycles. The number of carbonyl (C=O) groups is 4. The number of nitrogens with zero attached hydrogens (tertiary/aromatic N) is 2. The van der Waals surface area contributed by atoms with Crippen LogP contribution in [0.25, 0.3) is 0 Å². The number of rotatable bonds is 3. The van der Waals surface area contributed by atoms with Gasteiger partial charge in [0.1, 0.15) is 0 Å². The first-order valence-corrected chi connectivity index (χ1v) is 13.1. The number of anilines is 2. The van der Waals surface area contributed by atoms with E-state index in [1.54, 1.807) is 48.5 Å². The van der Waals surface area contributed by atoms with Crippen LogP contribution in [0.3, 0.4) is 0 Å². The third kappa shape index (κ3) is 2.79. The molecule has 6 nitrogen and oxygen atoms in total. The van der Waals surface area contributed by atoms with E-state index in [0.717, 1.165) is 9.80 Å². The van der Waals surface area contributed by atoms with Crippen LogP contribution in [-0.4, -0.2) is 23.6 Å². The van der Waals surface area contributed by atoms with Gasteiger partial charge >= 0.3 is 0 Å². The molecular weight excluding hydrogens is 523 g/mol. The minimum Gasteiger partial charge on any atom is -0.274 e. The second kappa shape index (κ2) is 8.13.